The highest BCUT2D eigenvalue weighted by Crippen LogP contribution is 2.14. The number of nitrogens with zero attached hydrogens (tertiary/aromatic N) is 3. The molecule has 0 atom stereocenters. The van der Waals surface area contributed by atoms with Crippen molar-refractivity contribution in [3.8, 4) is 5.75 Å². The molecule has 1 heterocycles. The molecule has 16 heavy (non-hydrogen) atoms. The largest absolute Gasteiger partial charge is 0.507 e. The van der Waals surface area contributed by atoms with E-state index in [0.717, 1.165) is 5.23 Å². The predicted molar refractivity (Wildman–Crippen MR) is 57.5 cm³/mol. The molecule has 7 nitrogen and oxygen atoms in total. The van der Waals surface area contributed by atoms with Gasteiger partial charge in [-0.25, -0.2) is 5.43 Å². The number of amides is 1. The van der Waals surface area contributed by atoms with Crippen molar-refractivity contribution in [2.24, 2.45) is 10.2 Å². The molecule has 0 radical (unpaired) electrons. The lowest BCUT2D eigenvalue weighted by atomic mass is 10.2. The number of nitrogens with one attached hydrogen (secondary N) is 2. The Balaban J connectivity index is 2.06. The van der Waals surface area contributed by atoms with Crippen molar-refractivity contribution in [1.82, 2.24) is 16.2 Å². The summed E-state index contributed by atoms with van der Waals surface area (Å²) in [5.74, 6) is -0.579. The molecule has 0 unspecified atom stereocenters. The maximum Gasteiger partial charge on any atom is 0.276 e. The molecule has 0 spiro atoms. The van der Waals surface area contributed by atoms with Crippen molar-refractivity contribution >= 4 is 18.3 Å². The van der Waals surface area contributed by atoms with Gasteiger partial charge in [0.25, 0.3) is 5.91 Å². The van der Waals surface area contributed by atoms with Crippen LogP contribution in [-0.4, -0.2) is 28.7 Å². The standard InChI is InChI=1S/C9H9N5O2/c15-8-4-2-1-3-7(8)9(16)12-14-11-6-5-10-13-14/h1-6,13,15H,(H,12,16). The summed E-state index contributed by atoms with van der Waals surface area (Å²) in [6.45, 7) is 0. The van der Waals surface area contributed by atoms with Crippen LogP contribution in [0.4, 0.5) is 0 Å². The topological polar surface area (TPSA) is 89.3 Å². The fraction of sp³-hybridized carbons (Fsp3) is 0. The van der Waals surface area contributed by atoms with Crippen LogP contribution in [-0.2, 0) is 0 Å². The third kappa shape index (κ3) is 2.08. The summed E-state index contributed by atoms with van der Waals surface area (Å²) in [7, 11) is 0. The Morgan fingerprint density at radius 3 is 2.88 bits per heavy atom. The molecule has 0 saturated heterocycles. The van der Waals surface area contributed by atoms with E-state index in [2.05, 4.69) is 21.2 Å². The highest BCUT2D eigenvalue weighted by atomic mass is 16.3. The second kappa shape index (κ2) is 4.30. The molecule has 2 rings (SSSR count). The van der Waals surface area contributed by atoms with Crippen molar-refractivity contribution in [3.05, 3.63) is 29.8 Å². The molecular formula is C9H9N5O2. The van der Waals surface area contributed by atoms with Crippen LogP contribution in [0.15, 0.2) is 34.5 Å². The van der Waals surface area contributed by atoms with Gasteiger partial charge in [-0.3, -0.25) is 4.79 Å². The maximum atomic E-state index is 11.7. The summed E-state index contributed by atoms with van der Waals surface area (Å²) >= 11 is 0. The van der Waals surface area contributed by atoms with Crippen LogP contribution in [0.25, 0.3) is 0 Å². The van der Waals surface area contributed by atoms with Gasteiger partial charge in [0.05, 0.1) is 18.0 Å². The van der Waals surface area contributed by atoms with Gasteiger partial charge < -0.3 is 5.11 Å². The van der Waals surface area contributed by atoms with E-state index < -0.39 is 5.91 Å². The van der Waals surface area contributed by atoms with Gasteiger partial charge in [0.15, 0.2) is 0 Å². The first-order valence-corrected chi connectivity index (χ1v) is 4.48. The lowest BCUT2D eigenvalue weighted by Crippen LogP contribution is -2.46. The third-order valence-electron chi connectivity index (χ3n) is 1.83. The second-order valence-electron chi connectivity index (χ2n) is 2.91. The fourth-order valence-corrected chi connectivity index (χ4v) is 1.12. The van der Waals surface area contributed by atoms with E-state index >= 15 is 0 Å². The first-order chi connectivity index (χ1) is 7.77. The fourth-order valence-electron chi connectivity index (χ4n) is 1.12. The molecule has 0 aromatic heterocycles. The van der Waals surface area contributed by atoms with Crippen LogP contribution in [0.3, 0.4) is 0 Å². The highest BCUT2D eigenvalue weighted by molar-refractivity contribution is 6.16. The summed E-state index contributed by atoms with van der Waals surface area (Å²) in [4.78, 5) is 11.7. The van der Waals surface area contributed by atoms with E-state index in [9.17, 15) is 9.90 Å². The normalized spacial score (nSPS) is 13.4. The minimum atomic E-state index is -0.486. The van der Waals surface area contributed by atoms with Gasteiger partial charge in [-0.15, -0.1) is 5.10 Å². The molecule has 0 bridgehead atoms. The summed E-state index contributed by atoms with van der Waals surface area (Å²) in [6.07, 6.45) is 2.84. The smallest absolute Gasteiger partial charge is 0.276 e. The second-order valence-corrected chi connectivity index (χ2v) is 2.91. The van der Waals surface area contributed by atoms with Crippen LogP contribution < -0.4 is 11.0 Å². The van der Waals surface area contributed by atoms with E-state index in [1.165, 1.54) is 24.6 Å². The number of hydrogen-bond acceptors (Lipinski definition) is 6. The molecule has 0 fully saturated rings. The molecule has 3 N–H and O–H groups in total. The highest BCUT2D eigenvalue weighted by Gasteiger charge is 2.13. The zero-order chi connectivity index (χ0) is 11.4. The van der Waals surface area contributed by atoms with E-state index in [1.54, 1.807) is 12.1 Å². The third-order valence-corrected chi connectivity index (χ3v) is 1.83. The number of aromatic hydroxyl groups is 1. The zero-order valence-corrected chi connectivity index (χ0v) is 8.16. The summed E-state index contributed by atoms with van der Waals surface area (Å²) in [6, 6.07) is 6.22. The Hall–Kier alpha value is -2.57. The minimum absolute atomic E-state index is 0.0931. The van der Waals surface area contributed by atoms with Gasteiger partial charge >= 0.3 is 0 Å². The minimum Gasteiger partial charge on any atom is -0.507 e. The van der Waals surface area contributed by atoms with Crippen LogP contribution in [0, 0.1) is 0 Å². The van der Waals surface area contributed by atoms with Crippen LogP contribution >= 0.6 is 0 Å². The predicted octanol–water partition coefficient (Wildman–Crippen LogP) is -0.171. The number of carbonyl (C=O) groups is 1. The molecule has 7 heteroatoms. The molecule has 0 aliphatic carbocycles. The average Bonchev–Trinajstić information content (AvgIpc) is 2.31. The van der Waals surface area contributed by atoms with Crippen LogP contribution in [0.1, 0.15) is 10.4 Å². The number of phenolic OH excluding ortho intramolecular Hbond substituents is 1. The summed E-state index contributed by atoms with van der Waals surface area (Å²) in [5, 5.41) is 17.9. The van der Waals surface area contributed by atoms with Crippen LogP contribution in [0.5, 0.6) is 5.75 Å². The van der Waals surface area contributed by atoms with Crippen molar-refractivity contribution in [2.45, 2.75) is 0 Å². The summed E-state index contributed by atoms with van der Waals surface area (Å²) < 4.78 is 0. The lowest BCUT2D eigenvalue weighted by molar-refractivity contribution is 0.0669. The molecule has 1 aromatic carbocycles. The zero-order valence-electron chi connectivity index (χ0n) is 8.16. The maximum absolute atomic E-state index is 11.7. The number of hydrazine groups is 2. The van der Waals surface area contributed by atoms with E-state index in [1.807, 2.05) is 0 Å². The number of benzene rings is 1. The van der Waals surface area contributed by atoms with Crippen molar-refractivity contribution < 1.29 is 9.90 Å². The van der Waals surface area contributed by atoms with Gasteiger partial charge in [0, 0.05) is 0 Å². The Morgan fingerprint density at radius 1 is 1.38 bits per heavy atom. The van der Waals surface area contributed by atoms with Crippen molar-refractivity contribution in [3.63, 3.8) is 0 Å². The van der Waals surface area contributed by atoms with Gasteiger partial charge in [-0.2, -0.15) is 10.6 Å². The SMILES string of the molecule is O=C(NN1N=CC=NN1)c1ccccc1O. The Morgan fingerprint density at radius 2 is 2.19 bits per heavy atom. The average molecular weight is 219 g/mol. The van der Waals surface area contributed by atoms with Crippen molar-refractivity contribution in [2.75, 3.05) is 0 Å². The number of phenols is 1. The van der Waals surface area contributed by atoms with E-state index in [4.69, 9.17) is 0 Å². The molecular weight excluding hydrogens is 210 g/mol. The first-order valence-electron chi connectivity index (χ1n) is 4.48. The first kappa shape index (κ1) is 9.97. The molecule has 1 aliphatic rings. The molecule has 82 valence electrons. The Labute approximate surface area is 91.0 Å². The van der Waals surface area contributed by atoms with Gasteiger partial charge in [0.2, 0.25) is 0 Å². The van der Waals surface area contributed by atoms with Gasteiger partial charge in [-0.1, -0.05) is 17.4 Å². The molecule has 0 saturated carbocycles. The molecule has 1 aromatic rings. The molecule has 1 amide bonds. The van der Waals surface area contributed by atoms with Gasteiger partial charge in [0.1, 0.15) is 5.75 Å². The van der Waals surface area contributed by atoms with E-state index in [0.29, 0.717) is 0 Å². The Bertz CT molecular complexity index is 457. The lowest BCUT2D eigenvalue weighted by Gasteiger charge is -2.19. The number of hydrogen-bond donors (Lipinski definition) is 3. The quantitative estimate of drug-likeness (QED) is 0.644. The van der Waals surface area contributed by atoms with Gasteiger partial charge in [-0.05, 0) is 12.1 Å². The number of para-hydroxylation sites is 1. The number of rotatable bonds is 2. The van der Waals surface area contributed by atoms with E-state index in [-0.39, 0.29) is 11.3 Å². The Kier molecular flexibility index (Phi) is 2.68. The molecule has 1 aliphatic heterocycles. The summed E-state index contributed by atoms with van der Waals surface area (Å²) in [5.41, 5.74) is 4.98. The van der Waals surface area contributed by atoms with Crippen molar-refractivity contribution in [1.29, 1.82) is 0 Å². The number of hydrazone groups is 2. The number of carbonyl (C=O) groups excluding carboxylic acids is 1. The van der Waals surface area contributed by atoms with Crippen LogP contribution in [0.2, 0.25) is 0 Å². The monoisotopic (exact) mass is 219 g/mol.